The third kappa shape index (κ3) is 5.91. The Hall–Kier alpha value is -2.69. The normalized spacial score (nSPS) is 11.1. The smallest absolute Gasteiger partial charge is 0.274 e. The lowest BCUT2D eigenvalue weighted by atomic mass is 9.86. The topological polar surface area (TPSA) is 71.1 Å². The van der Waals surface area contributed by atoms with Gasteiger partial charge in [-0.15, -0.1) is 0 Å². The number of nitrogens with one attached hydrogen (secondary N) is 2. The zero-order valence-electron chi connectivity index (χ0n) is 16.6. The number of hydrogen-bond donors (Lipinski definition) is 2. The highest BCUT2D eigenvalue weighted by Crippen LogP contribution is 2.29. The molecule has 5 nitrogen and oxygen atoms in total. The van der Waals surface area contributed by atoms with E-state index in [0.29, 0.717) is 12.1 Å². The van der Waals surface area contributed by atoms with Crippen LogP contribution in [0.3, 0.4) is 0 Å². The van der Waals surface area contributed by atoms with Gasteiger partial charge in [0, 0.05) is 24.0 Å². The number of hydrogen-bond acceptors (Lipinski definition) is 3. The Balaban J connectivity index is 2.11. The summed E-state index contributed by atoms with van der Waals surface area (Å²) >= 11 is 0. The molecule has 2 aromatic rings. The summed E-state index contributed by atoms with van der Waals surface area (Å²) < 4.78 is 0. The molecule has 0 unspecified atom stereocenters. The second-order valence-electron chi connectivity index (χ2n) is 7.64. The number of carbonyl (C=O) groups is 2. The first-order valence-corrected chi connectivity index (χ1v) is 9.48. The lowest BCUT2D eigenvalue weighted by Crippen LogP contribution is -2.25. The van der Waals surface area contributed by atoms with Crippen LogP contribution in [0.1, 0.15) is 73.4 Å². The largest absolute Gasteiger partial charge is 0.352 e. The van der Waals surface area contributed by atoms with Crippen LogP contribution in [0.4, 0.5) is 5.69 Å². The van der Waals surface area contributed by atoms with Gasteiger partial charge in [0.2, 0.25) is 0 Å². The fourth-order valence-electron chi connectivity index (χ4n) is 2.81. The third-order valence-corrected chi connectivity index (χ3v) is 4.30. The minimum absolute atomic E-state index is 0.0997. The van der Waals surface area contributed by atoms with Crippen molar-refractivity contribution in [3.05, 3.63) is 59.4 Å². The number of unbranched alkanes of at least 4 members (excludes halogenated alkanes) is 2. The molecular weight excluding hydrogens is 338 g/mol. The van der Waals surface area contributed by atoms with E-state index in [1.54, 1.807) is 6.07 Å². The Kier molecular flexibility index (Phi) is 7.11. The number of pyridine rings is 1. The lowest BCUT2D eigenvalue weighted by molar-refractivity contribution is 0.0953. The first-order valence-electron chi connectivity index (χ1n) is 9.48. The molecule has 0 atom stereocenters. The predicted molar refractivity (Wildman–Crippen MR) is 109 cm³/mol. The number of aromatic nitrogens is 1. The van der Waals surface area contributed by atoms with Crippen molar-refractivity contribution in [2.45, 2.75) is 52.4 Å². The zero-order chi connectivity index (χ0) is 19.9. The molecule has 27 heavy (non-hydrogen) atoms. The molecule has 0 spiro atoms. The van der Waals surface area contributed by atoms with Gasteiger partial charge in [0.1, 0.15) is 5.69 Å². The Morgan fingerprint density at radius 2 is 1.78 bits per heavy atom. The molecule has 0 saturated heterocycles. The van der Waals surface area contributed by atoms with Gasteiger partial charge < -0.3 is 10.6 Å². The molecular formula is C22H29N3O2. The second kappa shape index (κ2) is 9.31. The summed E-state index contributed by atoms with van der Waals surface area (Å²) in [6, 6.07) is 10.9. The van der Waals surface area contributed by atoms with Crippen LogP contribution in [-0.2, 0) is 5.41 Å². The van der Waals surface area contributed by atoms with Gasteiger partial charge in [-0.05, 0) is 35.6 Å². The Bertz CT molecular complexity index is 794. The first-order chi connectivity index (χ1) is 12.8. The lowest BCUT2D eigenvalue weighted by Gasteiger charge is -2.22. The fraction of sp³-hybridized carbons (Fsp3) is 0.409. The van der Waals surface area contributed by atoms with Crippen LogP contribution in [0.25, 0.3) is 0 Å². The molecule has 2 amide bonds. The number of carbonyl (C=O) groups excluding carboxylic acids is 2. The maximum Gasteiger partial charge on any atom is 0.274 e. The van der Waals surface area contributed by atoms with Crippen molar-refractivity contribution < 1.29 is 9.59 Å². The van der Waals surface area contributed by atoms with E-state index in [1.807, 2.05) is 24.3 Å². The summed E-state index contributed by atoms with van der Waals surface area (Å²) in [6.45, 7) is 9.04. The molecule has 144 valence electrons. The summed E-state index contributed by atoms with van der Waals surface area (Å²) in [5.74, 6) is -0.509. The average Bonchev–Trinajstić information content (AvgIpc) is 2.64. The summed E-state index contributed by atoms with van der Waals surface area (Å²) in [7, 11) is 0. The van der Waals surface area contributed by atoms with Crippen LogP contribution in [0, 0.1) is 0 Å². The molecule has 0 aliphatic carbocycles. The summed E-state index contributed by atoms with van der Waals surface area (Å²) in [5.41, 5.74) is 2.36. The SMILES string of the molecule is CCCCCNC(=O)c1ccnc(C(=O)Nc2ccccc2C(C)(C)C)c1. The summed E-state index contributed by atoms with van der Waals surface area (Å²) in [4.78, 5) is 29.0. The van der Waals surface area contributed by atoms with E-state index in [0.717, 1.165) is 30.5 Å². The highest BCUT2D eigenvalue weighted by Gasteiger charge is 2.19. The Morgan fingerprint density at radius 1 is 1.04 bits per heavy atom. The van der Waals surface area contributed by atoms with E-state index in [4.69, 9.17) is 0 Å². The molecule has 1 heterocycles. The van der Waals surface area contributed by atoms with E-state index in [1.165, 1.54) is 12.3 Å². The molecule has 1 aromatic heterocycles. The molecule has 2 rings (SSSR count). The summed E-state index contributed by atoms with van der Waals surface area (Å²) in [6.07, 6.45) is 4.62. The number of nitrogens with zero attached hydrogens (tertiary/aromatic N) is 1. The van der Waals surface area contributed by atoms with E-state index >= 15 is 0 Å². The number of amides is 2. The van der Waals surface area contributed by atoms with Gasteiger partial charge in [0.05, 0.1) is 0 Å². The van der Waals surface area contributed by atoms with Gasteiger partial charge >= 0.3 is 0 Å². The fourth-order valence-corrected chi connectivity index (χ4v) is 2.81. The second-order valence-corrected chi connectivity index (χ2v) is 7.64. The van der Waals surface area contributed by atoms with Gasteiger partial charge in [-0.2, -0.15) is 0 Å². The van der Waals surface area contributed by atoms with Crippen LogP contribution in [0.15, 0.2) is 42.6 Å². The number of para-hydroxylation sites is 1. The van der Waals surface area contributed by atoms with E-state index in [-0.39, 0.29) is 22.9 Å². The van der Waals surface area contributed by atoms with Crippen molar-refractivity contribution in [3.8, 4) is 0 Å². The van der Waals surface area contributed by atoms with Gasteiger partial charge in [0.25, 0.3) is 11.8 Å². The molecule has 0 bridgehead atoms. The third-order valence-electron chi connectivity index (χ3n) is 4.30. The summed E-state index contributed by atoms with van der Waals surface area (Å²) in [5, 5.41) is 5.81. The molecule has 1 aromatic carbocycles. The monoisotopic (exact) mass is 367 g/mol. The number of rotatable bonds is 7. The molecule has 0 saturated carbocycles. The standard InChI is InChI=1S/C22H29N3O2/c1-5-6-9-13-24-20(26)16-12-14-23-19(15-16)21(27)25-18-11-8-7-10-17(18)22(2,3)4/h7-8,10-12,14-15H,5-6,9,13H2,1-4H3,(H,24,26)(H,25,27). The minimum Gasteiger partial charge on any atom is -0.352 e. The van der Waals surface area contributed by atoms with E-state index in [9.17, 15) is 9.59 Å². The van der Waals surface area contributed by atoms with Crippen LogP contribution < -0.4 is 10.6 Å². The number of benzene rings is 1. The average molecular weight is 367 g/mol. The van der Waals surface area contributed by atoms with Crippen molar-refractivity contribution in [1.82, 2.24) is 10.3 Å². The van der Waals surface area contributed by atoms with Crippen LogP contribution in [0.5, 0.6) is 0 Å². The van der Waals surface area contributed by atoms with Crippen molar-refractivity contribution in [2.75, 3.05) is 11.9 Å². The molecule has 0 aliphatic heterocycles. The van der Waals surface area contributed by atoms with Gasteiger partial charge in [-0.25, -0.2) is 0 Å². The highest BCUT2D eigenvalue weighted by molar-refractivity contribution is 6.05. The molecule has 0 aliphatic rings. The maximum absolute atomic E-state index is 12.7. The molecule has 0 fully saturated rings. The molecule has 2 N–H and O–H groups in total. The van der Waals surface area contributed by atoms with Crippen molar-refractivity contribution >= 4 is 17.5 Å². The van der Waals surface area contributed by atoms with Gasteiger partial charge in [0.15, 0.2) is 0 Å². The van der Waals surface area contributed by atoms with Crippen LogP contribution in [0.2, 0.25) is 0 Å². The Labute approximate surface area is 161 Å². The first kappa shape index (κ1) is 20.6. The number of anilines is 1. The maximum atomic E-state index is 12.7. The highest BCUT2D eigenvalue weighted by atomic mass is 16.2. The molecule has 0 radical (unpaired) electrons. The predicted octanol–water partition coefficient (Wildman–Crippen LogP) is 4.55. The van der Waals surface area contributed by atoms with Crippen molar-refractivity contribution in [3.63, 3.8) is 0 Å². The van der Waals surface area contributed by atoms with E-state index in [2.05, 4.69) is 43.3 Å². The van der Waals surface area contributed by atoms with Crippen LogP contribution in [-0.4, -0.2) is 23.3 Å². The zero-order valence-corrected chi connectivity index (χ0v) is 16.6. The van der Waals surface area contributed by atoms with Crippen molar-refractivity contribution in [2.24, 2.45) is 0 Å². The van der Waals surface area contributed by atoms with Crippen molar-refractivity contribution in [1.29, 1.82) is 0 Å². The van der Waals surface area contributed by atoms with E-state index < -0.39 is 0 Å². The Morgan fingerprint density at radius 3 is 2.48 bits per heavy atom. The van der Waals surface area contributed by atoms with Gasteiger partial charge in [-0.1, -0.05) is 58.7 Å². The van der Waals surface area contributed by atoms with Crippen LogP contribution >= 0.6 is 0 Å². The minimum atomic E-state index is -0.327. The molecule has 5 heteroatoms. The van der Waals surface area contributed by atoms with Gasteiger partial charge in [-0.3, -0.25) is 14.6 Å². The quantitative estimate of drug-likeness (QED) is 0.705.